The largest absolute Gasteiger partial charge is 0.466 e. The van der Waals surface area contributed by atoms with Crippen LogP contribution in [0.1, 0.15) is 58.8 Å². The van der Waals surface area contributed by atoms with E-state index < -0.39 is 5.97 Å². The maximum absolute atomic E-state index is 13.2. The Morgan fingerprint density at radius 2 is 1.71 bits per heavy atom. The SMILES string of the molecule is C=CCn1c(C)c(C(=O)N2CCC(C(=O)OCC)CC2)c(C)c1C(=O)OCC. The van der Waals surface area contributed by atoms with Crippen molar-refractivity contribution in [1.29, 1.82) is 0 Å². The summed E-state index contributed by atoms with van der Waals surface area (Å²) in [5.41, 5.74) is 2.26. The van der Waals surface area contributed by atoms with Gasteiger partial charge in [-0.2, -0.15) is 0 Å². The Kier molecular flexibility index (Phi) is 7.43. The molecule has 28 heavy (non-hydrogen) atoms. The quantitative estimate of drug-likeness (QED) is 0.528. The van der Waals surface area contributed by atoms with Crippen LogP contribution >= 0.6 is 0 Å². The van der Waals surface area contributed by atoms with Gasteiger partial charge in [-0.05, 0) is 46.1 Å². The first kappa shape index (κ1) is 21.7. The number of carbonyl (C=O) groups excluding carboxylic acids is 3. The van der Waals surface area contributed by atoms with Gasteiger partial charge in [0.05, 0.1) is 24.7 Å². The monoisotopic (exact) mass is 390 g/mol. The molecule has 7 nitrogen and oxygen atoms in total. The van der Waals surface area contributed by atoms with Crippen LogP contribution in [0, 0.1) is 19.8 Å². The lowest BCUT2D eigenvalue weighted by molar-refractivity contribution is -0.149. The van der Waals surface area contributed by atoms with Crippen molar-refractivity contribution >= 4 is 17.8 Å². The van der Waals surface area contributed by atoms with Gasteiger partial charge in [-0.15, -0.1) is 6.58 Å². The number of likely N-dealkylation sites (tertiary alicyclic amines) is 1. The minimum absolute atomic E-state index is 0.120. The molecule has 2 heterocycles. The number of allylic oxidation sites excluding steroid dienone is 1. The van der Waals surface area contributed by atoms with E-state index in [1.165, 1.54) is 0 Å². The molecule has 0 unspecified atom stereocenters. The zero-order valence-electron chi connectivity index (χ0n) is 17.2. The van der Waals surface area contributed by atoms with Crippen molar-refractivity contribution < 1.29 is 23.9 Å². The third-order valence-corrected chi connectivity index (χ3v) is 5.16. The van der Waals surface area contributed by atoms with Crippen LogP contribution in [0.25, 0.3) is 0 Å². The topological polar surface area (TPSA) is 77.8 Å². The zero-order valence-corrected chi connectivity index (χ0v) is 17.2. The Labute approximate surface area is 166 Å². The van der Waals surface area contributed by atoms with Crippen molar-refractivity contribution in [3.8, 4) is 0 Å². The normalized spacial score (nSPS) is 14.6. The minimum Gasteiger partial charge on any atom is -0.466 e. The molecule has 1 aliphatic rings. The van der Waals surface area contributed by atoms with Gasteiger partial charge in [0.1, 0.15) is 5.69 Å². The van der Waals surface area contributed by atoms with Crippen molar-refractivity contribution in [3.05, 3.63) is 35.2 Å². The Balaban J connectivity index is 2.26. The van der Waals surface area contributed by atoms with Crippen molar-refractivity contribution in [2.75, 3.05) is 26.3 Å². The molecule has 0 N–H and O–H groups in total. The summed E-state index contributed by atoms with van der Waals surface area (Å²) in [7, 11) is 0. The number of amides is 1. The van der Waals surface area contributed by atoms with E-state index in [1.807, 2.05) is 6.92 Å². The van der Waals surface area contributed by atoms with Crippen LogP contribution in [0.5, 0.6) is 0 Å². The Bertz CT molecular complexity index is 757. The van der Waals surface area contributed by atoms with E-state index >= 15 is 0 Å². The highest BCUT2D eigenvalue weighted by atomic mass is 16.5. The summed E-state index contributed by atoms with van der Waals surface area (Å²) in [5.74, 6) is -0.911. The highest BCUT2D eigenvalue weighted by Crippen LogP contribution is 2.27. The molecule has 0 bridgehead atoms. The first-order chi connectivity index (χ1) is 13.4. The average Bonchev–Trinajstić information content (AvgIpc) is 2.92. The molecule has 1 amide bonds. The van der Waals surface area contributed by atoms with Gasteiger partial charge in [-0.25, -0.2) is 4.79 Å². The van der Waals surface area contributed by atoms with Crippen LogP contribution in [0.2, 0.25) is 0 Å². The number of esters is 2. The summed E-state index contributed by atoms with van der Waals surface area (Å²) in [6.07, 6.45) is 2.86. The fourth-order valence-electron chi connectivity index (χ4n) is 3.77. The van der Waals surface area contributed by atoms with E-state index in [-0.39, 0.29) is 24.4 Å². The zero-order chi connectivity index (χ0) is 20.8. The maximum Gasteiger partial charge on any atom is 0.355 e. The van der Waals surface area contributed by atoms with Gasteiger partial charge in [-0.3, -0.25) is 9.59 Å². The number of rotatable bonds is 7. The highest BCUT2D eigenvalue weighted by molar-refractivity contribution is 6.01. The molecule has 1 saturated heterocycles. The fraction of sp³-hybridized carbons (Fsp3) is 0.571. The van der Waals surface area contributed by atoms with E-state index in [4.69, 9.17) is 9.47 Å². The van der Waals surface area contributed by atoms with E-state index in [0.717, 1.165) is 5.69 Å². The lowest BCUT2D eigenvalue weighted by Crippen LogP contribution is -2.41. The fourth-order valence-corrected chi connectivity index (χ4v) is 3.77. The van der Waals surface area contributed by atoms with Crippen LogP contribution in [0.15, 0.2) is 12.7 Å². The summed E-state index contributed by atoms with van der Waals surface area (Å²) in [4.78, 5) is 39.3. The molecule has 1 aromatic rings. The molecule has 0 radical (unpaired) electrons. The van der Waals surface area contributed by atoms with Crippen molar-refractivity contribution in [1.82, 2.24) is 9.47 Å². The van der Waals surface area contributed by atoms with Crippen LogP contribution in [-0.2, 0) is 20.8 Å². The molecule has 2 rings (SSSR count). The smallest absolute Gasteiger partial charge is 0.355 e. The summed E-state index contributed by atoms with van der Waals surface area (Å²) in [6.45, 7) is 12.9. The lowest BCUT2D eigenvalue weighted by Gasteiger charge is -2.31. The highest BCUT2D eigenvalue weighted by Gasteiger charge is 2.33. The number of piperidine rings is 1. The Morgan fingerprint density at radius 1 is 1.11 bits per heavy atom. The molecule has 0 saturated carbocycles. The number of nitrogens with zero attached hydrogens (tertiary/aromatic N) is 2. The van der Waals surface area contributed by atoms with Crippen molar-refractivity contribution in [3.63, 3.8) is 0 Å². The van der Waals surface area contributed by atoms with Gasteiger partial charge in [0.25, 0.3) is 5.91 Å². The average molecular weight is 390 g/mol. The minimum atomic E-state index is -0.440. The van der Waals surface area contributed by atoms with Gasteiger partial charge >= 0.3 is 11.9 Å². The van der Waals surface area contributed by atoms with E-state index in [9.17, 15) is 14.4 Å². The summed E-state index contributed by atoms with van der Waals surface area (Å²) < 4.78 is 12.0. The van der Waals surface area contributed by atoms with Crippen molar-refractivity contribution in [2.45, 2.75) is 47.1 Å². The molecule has 0 atom stereocenters. The predicted molar refractivity (Wildman–Crippen MR) is 105 cm³/mol. The molecule has 0 spiro atoms. The number of carbonyl (C=O) groups is 3. The second-order valence-corrected chi connectivity index (χ2v) is 6.87. The maximum atomic E-state index is 13.2. The number of hydrogen-bond donors (Lipinski definition) is 0. The van der Waals surface area contributed by atoms with Crippen molar-refractivity contribution in [2.24, 2.45) is 5.92 Å². The van der Waals surface area contributed by atoms with Gasteiger partial charge in [0, 0.05) is 25.3 Å². The summed E-state index contributed by atoms with van der Waals surface area (Å²) in [5, 5.41) is 0. The predicted octanol–water partition coefficient (Wildman–Crippen LogP) is 2.88. The first-order valence-electron chi connectivity index (χ1n) is 9.80. The molecule has 1 fully saturated rings. The van der Waals surface area contributed by atoms with Gasteiger partial charge < -0.3 is 18.9 Å². The van der Waals surface area contributed by atoms with E-state index in [2.05, 4.69) is 6.58 Å². The standard InChI is InChI=1S/C21H30N2O5/c1-6-11-23-15(5)17(14(4)18(23)21(26)28-8-3)19(24)22-12-9-16(10-13-22)20(25)27-7-2/h6,16H,1,7-13H2,2-5H3. The molecule has 0 aromatic carbocycles. The Morgan fingerprint density at radius 3 is 2.25 bits per heavy atom. The molecular formula is C21H30N2O5. The molecule has 154 valence electrons. The van der Waals surface area contributed by atoms with Crippen LogP contribution in [-0.4, -0.2) is 53.6 Å². The van der Waals surface area contributed by atoms with Gasteiger partial charge in [0.2, 0.25) is 0 Å². The molecule has 1 aliphatic heterocycles. The lowest BCUT2D eigenvalue weighted by atomic mass is 9.96. The second kappa shape index (κ2) is 9.57. The molecule has 0 aliphatic carbocycles. The van der Waals surface area contributed by atoms with Crippen LogP contribution < -0.4 is 0 Å². The Hall–Kier alpha value is -2.57. The molecular weight excluding hydrogens is 360 g/mol. The summed E-state index contributed by atoms with van der Waals surface area (Å²) in [6, 6.07) is 0. The van der Waals surface area contributed by atoms with Crippen LogP contribution in [0.4, 0.5) is 0 Å². The van der Waals surface area contributed by atoms with E-state index in [1.54, 1.807) is 36.3 Å². The first-order valence-corrected chi connectivity index (χ1v) is 9.80. The second-order valence-electron chi connectivity index (χ2n) is 6.87. The third kappa shape index (κ3) is 4.29. The molecule has 1 aromatic heterocycles. The summed E-state index contributed by atoms with van der Waals surface area (Å²) >= 11 is 0. The van der Waals surface area contributed by atoms with Gasteiger partial charge in [0.15, 0.2) is 0 Å². The number of ether oxygens (including phenoxy) is 2. The molecule has 7 heteroatoms. The van der Waals surface area contributed by atoms with E-state index in [0.29, 0.717) is 55.9 Å². The van der Waals surface area contributed by atoms with Gasteiger partial charge in [-0.1, -0.05) is 6.08 Å². The third-order valence-electron chi connectivity index (χ3n) is 5.16. The van der Waals surface area contributed by atoms with Crippen LogP contribution in [0.3, 0.4) is 0 Å². The number of aromatic nitrogens is 1. The number of hydrogen-bond acceptors (Lipinski definition) is 5.